The van der Waals surface area contributed by atoms with Crippen LogP contribution in [-0.4, -0.2) is 16.0 Å². The van der Waals surface area contributed by atoms with E-state index in [9.17, 15) is 4.79 Å². The third-order valence-electron chi connectivity index (χ3n) is 3.01. The Hall–Kier alpha value is -2.66. The fraction of sp³-hybridized carbons (Fsp3) is 0.0625. The van der Waals surface area contributed by atoms with Gasteiger partial charge in [0.2, 0.25) is 0 Å². The molecule has 2 aromatic carbocycles. The van der Waals surface area contributed by atoms with E-state index in [1.54, 1.807) is 30.5 Å². The number of nitrogens with one attached hydrogen (secondary N) is 2. The van der Waals surface area contributed by atoms with E-state index in [2.05, 4.69) is 20.6 Å². The van der Waals surface area contributed by atoms with E-state index < -0.39 is 0 Å². The fourth-order valence-electron chi connectivity index (χ4n) is 1.99. The number of carbonyl (C=O) groups is 1. The van der Waals surface area contributed by atoms with Gasteiger partial charge in [-0.05, 0) is 30.3 Å². The number of benzene rings is 2. The van der Waals surface area contributed by atoms with E-state index in [0.29, 0.717) is 22.9 Å². The van der Waals surface area contributed by atoms with Gasteiger partial charge in [0.25, 0.3) is 0 Å². The lowest BCUT2D eigenvalue weighted by atomic mass is 10.3. The number of nitrogens with zero attached hydrogens (tertiary/aromatic N) is 2. The maximum atomic E-state index is 11.8. The molecule has 0 fully saturated rings. The van der Waals surface area contributed by atoms with Crippen molar-refractivity contribution in [3.63, 3.8) is 0 Å². The summed E-state index contributed by atoms with van der Waals surface area (Å²) in [6, 6.07) is 14.2. The molecule has 3 aromatic rings. The van der Waals surface area contributed by atoms with Crippen molar-refractivity contribution in [3.05, 3.63) is 65.4 Å². The molecule has 0 bridgehead atoms. The van der Waals surface area contributed by atoms with Crippen molar-refractivity contribution in [1.29, 1.82) is 0 Å². The van der Waals surface area contributed by atoms with Crippen LogP contribution in [0.3, 0.4) is 0 Å². The highest BCUT2D eigenvalue weighted by molar-refractivity contribution is 6.30. The largest absolute Gasteiger partial charge is 0.332 e. The van der Waals surface area contributed by atoms with Crippen LogP contribution in [0, 0.1) is 0 Å². The number of halogens is 1. The molecule has 1 heterocycles. The van der Waals surface area contributed by atoms with Crippen LogP contribution in [-0.2, 0) is 6.54 Å². The smallest absolute Gasteiger partial charge is 0.319 e. The molecule has 0 radical (unpaired) electrons. The van der Waals surface area contributed by atoms with Crippen molar-refractivity contribution in [2.45, 2.75) is 6.54 Å². The zero-order valence-electron chi connectivity index (χ0n) is 11.6. The van der Waals surface area contributed by atoms with Gasteiger partial charge in [0.15, 0.2) is 0 Å². The van der Waals surface area contributed by atoms with E-state index in [-0.39, 0.29) is 6.03 Å². The normalized spacial score (nSPS) is 10.4. The van der Waals surface area contributed by atoms with Gasteiger partial charge in [-0.2, -0.15) is 0 Å². The van der Waals surface area contributed by atoms with Gasteiger partial charge in [-0.1, -0.05) is 29.8 Å². The Kier molecular flexibility index (Phi) is 4.16. The lowest BCUT2D eigenvalue weighted by Crippen LogP contribution is -2.28. The van der Waals surface area contributed by atoms with Gasteiger partial charge in [-0.15, -0.1) is 0 Å². The fourth-order valence-corrected chi connectivity index (χ4v) is 2.18. The van der Waals surface area contributed by atoms with Crippen LogP contribution in [0.2, 0.25) is 5.02 Å². The molecule has 6 heteroatoms. The van der Waals surface area contributed by atoms with Crippen LogP contribution in [0.1, 0.15) is 5.69 Å². The summed E-state index contributed by atoms with van der Waals surface area (Å²) in [6.45, 7) is 0.296. The number of aromatic nitrogens is 2. The molecule has 0 spiro atoms. The van der Waals surface area contributed by atoms with Crippen molar-refractivity contribution in [1.82, 2.24) is 15.3 Å². The standard InChI is InChI=1S/C16H13ClN4O/c17-11-4-3-5-12(8-11)21-16(22)19-10-13-9-18-14-6-1-2-7-15(14)20-13/h1-9H,10H2,(H2,19,21,22). The number of amides is 2. The van der Waals surface area contributed by atoms with Gasteiger partial charge in [0.05, 0.1) is 29.5 Å². The molecule has 22 heavy (non-hydrogen) atoms. The Morgan fingerprint density at radius 3 is 2.73 bits per heavy atom. The molecular formula is C16H13ClN4O. The first-order valence-electron chi connectivity index (χ1n) is 6.72. The second-order valence-corrected chi connectivity index (χ2v) is 5.10. The number of carbonyl (C=O) groups excluding carboxylic acids is 1. The van der Waals surface area contributed by atoms with Gasteiger partial charge >= 0.3 is 6.03 Å². The van der Waals surface area contributed by atoms with Gasteiger partial charge in [-0.25, -0.2) is 9.78 Å². The Labute approximate surface area is 132 Å². The monoisotopic (exact) mass is 312 g/mol. The lowest BCUT2D eigenvalue weighted by Gasteiger charge is -2.08. The van der Waals surface area contributed by atoms with Crippen LogP contribution in [0.15, 0.2) is 54.7 Å². The molecule has 0 unspecified atom stereocenters. The molecule has 3 rings (SSSR count). The van der Waals surface area contributed by atoms with Crippen LogP contribution >= 0.6 is 11.6 Å². The predicted molar refractivity (Wildman–Crippen MR) is 86.8 cm³/mol. The lowest BCUT2D eigenvalue weighted by molar-refractivity contribution is 0.251. The minimum Gasteiger partial charge on any atom is -0.332 e. The number of rotatable bonds is 3. The summed E-state index contributed by atoms with van der Waals surface area (Å²) < 4.78 is 0. The highest BCUT2D eigenvalue weighted by Crippen LogP contribution is 2.14. The molecule has 0 aliphatic heterocycles. The average molecular weight is 313 g/mol. The second-order valence-electron chi connectivity index (χ2n) is 4.67. The van der Waals surface area contributed by atoms with E-state index in [0.717, 1.165) is 11.0 Å². The molecule has 2 amide bonds. The summed E-state index contributed by atoms with van der Waals surface area (Å²) in [5, 5.41) is 6.01. The molecular weight excluding hydrogens is 300 g/mol. The van der Waals surface area contributed by atoms with Crippen molar-refractivity contribution >= 4 is 34.4 Å². The maximum Gasteiger partial charge on any atom is 0.319 e. The Balaban J connectivity index is 1.62. The Morgan fingerprint density at radius 1 is 1.09 bits per heavy atom. The summed E-state index contributed by atoms with van der Waals surface area (Å²) in [7, 11) is 0. The third-order valence-corrected chi connectivity index (χ3v) is 3.25. The summed E-state index contributed by atoms with van der Waals surface area (Å²) in [5.41, 5.74) is 2.96. The van der Waals surface area contributed by atoms with Gasteiger partial charge in [0, 0.05) is 10.7 Å². The average Bonchev–Trinajstić information content (AvgIpc) is 2.53. The summed E-state index contributed by atoms with van der Waals surface area (Å²) in [6.07, 6.45) is 1.65. The Bertz CT molecular complexity index is 822. The first-order valence-corrected chi connectivity index (χ1v) is 7.09. The Morgan fingerprint density at radius 2 is 1.91 bits per heavy atom. The quantitative estimate of drug-likeness (QED) is 0.776. The number of hydrogen-bond donors (Lipinski definition) is 2. The van der Waals surface area contributed by atoms with Gasteiger partial charge in [-0.3, -0.25) is 4.98 Å². The SMILES string of the molecule is O=C(NCc1cnc2ccccc2n1)Nc1cccc(Cl)c1. The van der Waals surface area contributed by atoms with E-state index in [1.807, 2.05) is 24.3 Å². The molecule has 0 aliphatic rings. The summed E-state index contributed by atoms with van der Waals surface area (Å²) >= 11 is 5.87. The minimum atomic E-state index is -0.322. The molecule has 110 valence electrons. The number of hydrogen-bond acceptors (Lipinski definition) is 3. The maximum absolute atomic E-state index is 11.8. The zero-order chi connectivity index (χ0) is 15.4. The van der Waals surface area contributed by atoms with Gasteiger partial charge in [0.1, 0.15) is 0 Å². The topological polar surface area (TPSA) is 66.9 Å². The molecule has 5 nitrogen and oxygen atoms in total. The van der Waals surface area contributed by atoms with E-state index in [1.165, 1.54) is 0 Å². The van der Waals surface area contributed by atoms with Crippen molar-refractivity contribution in [2.75, 3.05) is 5.32 Å². The zero-order valence-corrected chi connectivity index (χ0v) is 12.3. The van der Waals surface area contributed by atoms with Crippen molar-refractivity contribution in [3.8, 4) is 0 Å². The first kappa shape index (κ1) is 14.3. The van der Waals surface area contributed by atoms with E-state index in [4.69, 9.17) is 11.6 Å². The summed E-state index contributed by atoms with van der Waals surface area (Å²) in [5.74, 6) is 0. The molecule has 0 saturated carbocycles. The number of para-hydroxylation sites is 2. The van der Waals surface area contributed by atoms with Crippen LogP contribution in [0.25, 0.3) is 11.0 Å². The van der Waals surface area contributed by atoms with Crippen molar-refractivity contribution in [2.24, 2.45) is 0 Å². The third kappa shape index (κ3) is 3.51. The minimum absolute atomic E-state index is 0.296. The first-order chi connectivity index (χ1) is 10.7. The predicted octanol–water partition coefficient (Wildman–Crippen LogP) is 3.60. The highest BCUT2D eigenvalue weighted by atomic mass is 35.5. The number of anilines is 1. The van der Waals surface area contributed by atoms with Crippen LogP contribution in [0.4, 0.5) is 10.5 Å². The second kappa shape index (κ2) is 6.41. The summed E-state index contributed by atoms with van der Waals surface area (Å²) in [4.78, 5) is 20.6. The highest BCUT2D eigenvalue weighted by Gasteiger charge is 2.04. The molecule has 0 aliphatic carbocycles. The molecule has 2 N–H and O–H groups in total. The number of urea groups is 1. The van der Waals surface area contributed by atoms with Crippen LogP contribution in [0.5, 0.6) is 0 Å². The molecule has 0 saturated heterocycles. The van der Waals surface area contributed by atoms with Crippen molar-refractivity contribution < 1.29 is 4.79 Å². The van der Waals surface area contributed by atoms with Crippen LogP contribution < -0.4 is 10.6 Å². The van der Waals surface area contributed by atoms with E-state index >= 15 is 0 Å². The molecule has 0 atom stereocenters. The molecule has 1 aromatic heterocycles. The number of fused-ring (bicyclic) bond motifs is 1. The van der Waals surface area contributed by atoms with Gasteiger partial charge < -0.3 is 10.6 Å².